The molecule has 0 aliphatic heterocycles. The number of benzene rings is 1. The van der Waals surface area contributed by atoms with E-state index in [-0.39, 0.29) is 41.4 Å². The predicted molar refractivity (Wildman–Crippen MR) is 180 cm³/mol. The van der Waals surface area contributed by atoms with Gasteiger partial charge in [0.15, 0.2) is 28.4 Å². The van der Waals surface area contributed by atoms with Crippen molar-refractivity contribution in [3.63, 3.8) is 0 Å². The van der Waals surface area contributed by atoms with E-state index < -0.39 is 30.3 Å². The van der Waals surface area contributed by atoms with Gasteiger partial charge in [-0.25, -0.2) is 9.97 Å². The molecule has 0 saturated heterocycles. The predicted octanol–water partition coefficient (Wildman–Crippen LogP) is 1.48. The van der Waals surface area contributed by atoms with Gasteiger partial charge in [0.2, 0.25) is 0 Å². The summed E-state index contributed by atoms with van der Waals surface area (Å²) < 4.78 is 5.95. The molecule has 1 aromatic carbocycles. The fourth-order valence-electron chi connectivity index (χ4n) is 4.63. The number of nitrogens with zero attached hydrogens (tertiary/aromatic N) is 4. The molecule has 14 nitrogen and oxygen atoms in total. The van der Waals surface area contributed by atoms with Crippen LogP contribution in [0.25, 0.3) is 0 Å². The highest BCUT2D eigenvalue weighted by molar-refractivity contribution is 6.31. The minimum atomic E-state index is -1.44. The minimum absolute atomic E-state index is 0.0706. The third-order valence-electron chi connectivity index (χ3n) is 7.45. The molecule has 15 heteroatoms. The van der Waals surface area contributed by atoms with Gasteiger partial charge in [0, 0.05) is 19.6 Å². The molecular formula is C31H51ClN8O6. The third-order valence-corrected chi connectivity index (χ3v) is 7.72. The van der Waals surface area contributed by atoms with Crippen molar-refractivity contribution in [1.82, 2.24) is 20.2 Å². The zero-order valence-corrected chi connectivity index (χ0v) is 27.6. The number of carbonyl (C=O) groups excluding carboxylic acids is 1. The Kier molecular flexibility index (Phi) is 17.6. The van der Waals surface area contributed by atoms with Gasteiger partial charge in [-0.3, -0.25) is 20.0 Å². The number of anilines is 2. The highest BCUT2D eigenvalue weighted by Crippen LogP contribution is 2.18. The molecule has 2 aromatic rings. The second kappa shape index (κ2) is 20.8. The molecule has 1 aromatic heterocycles. The summed E-state index contributed by atoms with van der Waals surface area (Å²) in [5.41, 5.74) is 18.0. The first-order chi connectivity index (χ1) is 22.0. The van der Waals surface area contributed by atoms with Crippen LogP contribution < -0.4 is 27.3 Å². The van der Waals surface area contributed by atoms with Crippen molar-refractivity contribution in [2.24, 2.45) is 10.7 Å². The number of nitrogen functional groups attached to an aromatic ring is 2. The van der Waals surface area contributed by atoms with Crippen LogP contribution in [0.1, 0.15) is 74.8 Å². The lowest BCUT2D eigenvalue weighted by Crippen LogP contribution is -2.49. The molecule has 1 amide bonds. The Balaban J connectivity index is 1.76. The lowest BCUT2D eigenvalue weighted by atomic mass is 10.0. The summed E-state index contributed by atoms with van der Waals surface area (Å²) in [4.78, 5) is 26.1. The van der Waals surface area contributed by atoms with Crippen molar-refractivity contribution in [3.8, 4) is 5.75 Å². The van der Waals surface area contributed by atoms with Gasteiger partial charge in [0.05, 0.1) is 12.2 Å². The van der Waals surface area contributed by atoms with Gasteiger partial charge in [-0.05, 0) is 56.3 Å². The van der Waals surface area contributed by atoms with E-state index >= 15 is 0 Å². The lowest BCUT2D eigenvalue weighted by Gasteiger charge is -2.30. The van der Waals surface area contributed by atoms with Crippen molar-refractivity contribution < 1.29 is 30.0 Å². The minimum Gasteiger partial charge on any atom is -0.492 e. The van der Waals surface area contributed by atoms with Gasteiger partial charge in [-0.15, -0.1) is 0 Å². The number of hydrogen-bond acceptors (Lipinski definition) is 12. The fourth-order valence-corrected chi connectivity index (χ4v) is 4.76. The maximum absolute atomic E-state index is 12.3. The number of nitrogens with one attached hydrogen (secondary N) is 1. The molecule has 11 N–H and O–H groups in total. The molecule has 4 atom stereocenters. The fraction of sp³-hybridized carbons (Fsp3) is 0.613. The van der Waals surface area contributed by atoms with Crippen molar-refractivity contribution >= 4 is 35.1 Å². The van der Waals surface area contributed by atoms with Gasteiger partial charge >= 0.3 is 0 Å². The molecular weight excluding hydrogens is 616 g/mol. The number of aliphatic hydroxyl groups excluding tert-OH is 4. The summed E-state index contributed by atoms with van der Waals surface area (Å²) in [5.74, 6) is -0.278. The van der Waals surface area contributed by atoms with E-state index in [9.17, 15) is 25.2 Å². The highest BCUT2D eigenvalue weighted by Gasteiger charge is 2.30. The van der Waals surface area contributed by atoms with Crippen molar-refractivity contribution in [3.05, 3.63) is 40.7 Å². The lowest BCUT2D eigenvalue weighted by molar-refractivity contribution is -0.111. The molecule has 258 valence electrons. The topological polar surface area (TPSA) is 239 Å². The van der Waals surface area contributed by atoms with Gasteiger partial charge < -0.3 is 42.4 Å². The number of unbranched alkanes of at least 4 members (excludes halogenated alkanes) is 4. The maximum atomic E-state index is 12.3. The SMILES string of the molecule is CCCCCCN(CCOc1ccc(CCCCN=C(N)NC(=O)c2nc(Cl)c(N)nc2N)cc1)C[C@@H](O)[C@@H](O)[C@@H](O)[C@@H](O)CC. The first kappa shape index (κ1) is 38.9. The Morgan fingerprint density at radius 2 is 1.65 bits per heavy atom. The van der Waals surface area contributed by atoms with Crippen LogP contribution in [0.4, 0.5) is 11.6 Å². The van der Waals surface area contributed by atoms with Crippen LogP contribution in [-0.4, -0.2) is 104 Å². The average molecular weight is 667 g/mol. The van der Waals surface area contributed by atoms with Crippen LogP contribution in [0.3, 0.4) is 0 Å². The third kappa shape index (κ3) is 13.6. The smallest absolute Gasteiger partial charge is 0.280 e. The summed E-state index contributed by atoms with van der Waals surface area (Å²) in [6.45, 7) is 6.05. The van der Waals surface area contributed by atoms with Crippen LogP contribution in [-0.2, 0) is 6.42 Å². The quantitative estimate of drug-likeness (QED) is 0.0537. The number of guanidine groups is 1. The molecule has 46 heavy (non-hydrogen) atoms. The van der Waals surface area contributed by atoms with Gasteiger partial charge in [0.25, 0.3) is 5.91 Å². The van der Waals surface area contributed by atoms with Crippen LogP contribution in [0.2, 0.25) is 5.15 Å². The van der Waals surface area contributed by atoms with Crippen LogP contribution >= 0.6 is 11.6 Å². The van der Waals surface area contributed by atoms with E-state index in [1.54, 1.807) is 6.92 Å². The summed E-state index contributed by atoms with van der Waals surface area (Å²) in [7, 11) is 0. The second-order valence-corrected chi connectivity index (χ2v) is 11.5. The van der Waals surface area contributed by atoms with E-state index in [1.807, 2.05) is 29.2 Å². The Hall–Kier alpha value is -3.27. The second-order valence-electron chi connectivity index (χ2n) is 11.2. The van der Waals surface area contributed by atoms with E-state index in [4.69, 9.17) is 33.5 Å². The molecule has 0 bridgehead atoms. The number of aryl methyl sites for hydroxylation is 1. The van der Waals surface area contributed by atoms with E-state index in [1.165, 1.54) is 0 Å². The van der Waals surface area contributed by atoms with Crippen molar-refractivity contribution in [2.45, 2.75) is 89.6 Å². The molecule has 0 radical (unpaired) electrons. The van der Waals surface area contributed by atoms with Gasteiger partial charge in [0.1, 0.15) is 24.6 Å². The number of halogens is 1. The Morgan fingerprint density at radius 3 is 2.33 bits per heavy atom. The molecule has 0 unspecified atom stereocenters. The largest absolute Gasteiger partial charge is 0.492 e. The maximum Gasteiger partial charge on any atom is 0.280 e. The molecule has 0 fully saturated rings. The molecule has 1 heterocycles. The number of aliphatic hydroxyl groups is 4. The van der Waals surface area contributed by atoms with E-state index in [2.05, 4.69) is 27.2 Å². The van der Waals surface area contributed by atoms with Gasteiger partial charge in [-0.1, -0.05) is 56.8 Å². The van der Waals surface area contributed by atoms with Crippen LogP contribution in [0, 0.1) is 0 Å². The highest BCUT2D eigenvalue weighted by atomic mass is 35.5. The standard InChI is InChI=1S/C31H51ClN8O6/c1-3-5-6-9-16-40(19-23(42)26(44)25(43)22(41)4-2)17-18-46-21-13-11-20(12-14-21)10-7-8-15-36-31(35)39-30(45)24-28(33)38-29(34)27(32)37-24/h11-14,22-23,25-26,41-44H,3-10,15-19H2,1-2H3,(H4,33,34,38)(H3,35,36,39,45)/t22-,23+,25-,26+/m0/s1. The zero-order valence-electron chi connectivity index (χ0n) is 26.8. The number of carbonyl (C=O) groups is 1. The molecule has 0 spiro atoms. The first-order valence-electron chi connectivity index (χ1n) is 15.8. The number of hydrogen-bond donors (Lipinski definition) is 8. The number of rotatable bonds is 21. The Morgan fingerprint density at radius 1 is 0.957 bits per heavy atom. The number of amides is 1. The van der Waals surface area contributed by atoms with Crippen molar-refractivity contribution in [1.29, 1.82) is 0 Å². The summed E-state index contributed by atoms with van der Waals surface area (Å²) in [6, 6.07) is 7.82. The normalized spacial score (nSPS) is 14.6. The molecule has 0 aliphatic rings. The number of aliphatic imine (C=N–C) groups is 1. The van der Waals surface area contributed by atoms with E-state index in [0.29, 0.717) is 19.7 Å². The summed E-state index contributed by atoms with van der Waals surface area (Å²) in [6.07, 6.45) is 1.78. The number of nitrogens with two attached hydrogens (primary N) is 3. The molecule has 0 saturated carbocycles. The van der Waals surface area contributed by atoms with Crippen LogP contribution in [0.15, 0.2) is 29.3 Å². The van der Waals surface area contributed by atoms with Crippen LogP contribution in [0.5, 0.6) is 5.75 Å². The summed E-state index contributed by atoms with van der Waals surface area (Å²) >= 11 is 5.81. The van der Waals surface area contributed by atoms with Crippen molar-refractivity contribution in [2.75, 3.05) is 44.3 Å². The Labute approximate surface area is 276 Å². The molecule has 0 aliphatic carbocycles. The Bertz CT molecular complexity index is 1220. The van der Waals surface area contributed by atoms with Gasteiger partial charge in [-0.2, -0.15) is 0 Å². The molecule has 2 rings (SSSR count). The summed E-state index contributed by atoms with van der Waals surface area (Å²) in [5, 5.41) is 43.1. The zero-order chi connectivity index (χ0) is 34.1. The average Bonchev–Trinajstić information content (AvgIpc) is 3.03. The first-order valence-corrected chi connectivity index (χ1v) is 16.2. The van der Waals surface area contributed by atoms with E-state index in [0.717, 1.165) is 62.8 Å². The number of aromatic nitrogens is 2. The monoisotopic (exact) mass is 666 g/mol. The number of ether oxygens (including phenoxy) is 1.